The largest absolute Gasteiger partial charge is 0.310 e. The summed E-state index contributed by atoms with van der Waals surface area (Å²) in [6.07, 6.45) is 1.28. The molecule has 0 atom stereocenters. The Hall–Kier alpha value is -0.400. The zero-order chi connectivity index (χ0) is 6.41. The van der Waals surface area contributed by atoms with Gasteiger partial charge in [0.25, 0.3) is 0 Å². The fraction of sp³-hybridized carbons (Fsp3) is 0.500. The number of hydrogen-bond acceptors (Lipinski definition) is 0. The number of hydrogen-bond donors (Lipinski definition) is 0. The first kappa shape index (κ1) is 7.60. The van der Waals surface area contributed by atoms with Gasteiger partial charge in [0.1, 0.15) is 0 Å². The second kappa shape index (κ2) is 4.75. The minimum atomic E-state index is -1.48. The molecule has 0 aromatic carbocycles. The summed E-state index contributed by atoms with van der Waals surface area (Å²) >= 11 is 0. The third-order valence-corrected chi connectivity index (χ3v) is 0.774. The van der Waals surface area contributed by atoms with Crippen LogP contribution in [-0.2, 0) is 0 Å². The van der Waals surface area contributed by atoms with Crippen LogP contribution in [-0.4, -0.2) is 0 Å². The van der Waals surface area contributed by atoms with Crippen molar-refractivity contribution in [3.05, 3.63) is 19.1 Å². The first-order valence-corrected chi connectivity index (χ1v) is 2.55. The van der Waals surface area contributed by atoms with Gasteiger partial charge in [-0.3, -0.25) is 0 Å². The molecule has 0 spiro atoms. The van der Waals surface area contributed by atoms with E-state index in [0.717, 1.165) is 0 Å². The van der Waals surface area contributed by atoms with Crippen molar-refractivity contribution in [2.75, 3.05) is 0 Å². The van der Waals surface area contributed by atoms with Gasteiger partial charge in [-0.25, -0.2) is 0 Å². The van der Waals surface area contributed by atoms with Crippen molar-refractivity contribution in [2.45, 2.75) is 19.3 Å². The Bertz CT molecular complexity index is 59.5. The fourth-order valence-electron chi connectivity index (χ4n) is 0.380. The van der Waals surface area contributed by atoms with Crippen LogP contribution in [0.3, 0.4) is 0 Å². The number of rotatable bonds is 4. The van der Waals surface area contributed by atoms with Crippen LogP contribution in [0.25, 0.3) is 0 Å². The lowest BCUT2D eigenvalue weighted by atomic mass is 10.2. The maximum atomic E-state index is 11.2. The maximum Gasteiger partial charge on any atom is 0.310 e. The number of unbranched alkanes of at least 4 members (excludes halogenated alkanes) is 1. The van der Waals surface area contributed by atoms with Gasteiger partial charge >= 0.3 is 6.43 Å². The molecule has 47 valence electrons. The van der Waals surface area contributed by atoms with Gasteiger partial charge < -0.3 is 0 Å². The molecule has 0 fully saturated rings. The van der Waals surface area contributed by atoms with Gasteiger partial charge in [-0.05, 0) is 12.8 Å². The molecule has 0 aliphatic heterocycles. The fourth-order valence-corrected chi connectivity index (χ4v) is 0.380. The molecule has 0 rings (SSSR count). The number of halogens is 2. The van der Waals surface area contributed by atoms with Crippen molar-refractivity contribution < 1.29 is 8.78 Å². The summed E-state index contributed by atoms with van der Waals surface area (Å²) in [6.45, 7) is 3.40. The van der Waals surface area contributed by atoms with Crippen LogP contribution in [0.4, 0.5) is 8.78 Å². The topological polar surface area (TPSA) is 0 Å². The molecule has 0 aliphatic carbocycles. The molecule has 0 bridgehead atoms. The lowest BCUT2D eigenvalue weighted by Gasteiger charge is -1.90. The second-order valence-corrected chi connectivity index (χ2v) is 1.52. The van der Waals surface area contributed by atoms with Crippen molar-refractivity contribution in [1.82, 2.24) is 0 Å². The van der Waals surface area contributed by atoms with Gasteiger partial charge in [0.15, 0.2) is 0 Å². The monoisotopic (exact) mass is 119 g/mol. The number of allylic oxidation sites excluding steroid dienone is 1. The highest BCUT2D eigenvalue weighted by atomic mass is 19.3. The van der Waals surface area contributed by atoms with E-state index in [1.54, 1.807) is 6.08 Å². The molecule has 2 heteroatoms. The summed E-state index contributed by atoms with van der Waals surface area (Å²) in [5.41, 5.74) is 0. The average Bonchev–Trinajstić information content (AvgIpc) is 1.66. The first-order valence-electron chi connectivity index (χ1n) is 2.55. The van der Waals surface area contributed by atoms with Gasteiger partial charge in [0.05, 0.1) is 0 Å². The Labute approximate surface area is 48.2 Å². The quantitative estimate of drug-likeness (QED) is 0.394. The van der Waals surface area contributed by atoms with E-state index in [1.807, 2.05) is 0 Å². The van der Waals surface area contributed by atoms with Gasteiger partial charge in [-0.2, -0.15) is 8.78 Å². The molecule has 0 heterocycles. The third-order valence-electron chi connectivity index (χ3n) is 0.774. The summed E-state index contributed by atoms with van der Waals surface area (Å²) in [5.74, 6) is 0. The van der Waals surface area contributed by atoms with Crippen molar-refractivity contribution >= 4 is 0 Å². The Morgan fingerprint density at radius 2 is 2.12 bits per heavy atom. The van der Waals surface area contributed by atoms with Gasteiger partial charge in [-0.1, -0.05) is 6.08 Å². The van der Waals surface area contributed by atoms with Crippen molar-refractivity contribution in [3.63, 3.8) is 0 Å². The van der Waals surface area contributed by atoms with Gasteiger partial charge in [0, 0.05) is 6.42 Å². The molecular weight excluding hydrogens is 110 g/mol. The molecule has 0 N–H and O–H groups in total. The summed E-state index contributed by atoms with van der Waals surface area (Å²) in [7, 11) is 0. The van der Waals surface area contributed by atoms with E-state index in [9.17, 15) is 8.78 Å². The molecule has 0 aliphatic rings. The van der Waals surface area contributed by atoms with Gasteiger partial charge in [-0.15, -0.1) is 6.58 Å². The second-order valence-electron chi connectivity index (χ2n) is 1.52. The van der Waals surface area contributed by atoms with Crippen molar-refractivity contribution in [1.29, 1.82) is 0 Å². The predicted molar refractivity (Wildman–Crippen MR) is 29.5 cm³/mol. The minimum absolute atomic E-state index is 0.0774. The van der Waals surface area contributed by atoms with Crippen LogP contribution in [0.2, 0.25) is 0 Å². The average molecular weight is 119 g/mol. The molecule has 0 unspecified atom stereocenters. The van der Waals surface area contributed by atoms with Crippen LogP contribution >= 0.6 is 0 Å². The first-order chi connectivity index (χ1) is 3.77. The standard InChI is InChI=1S/C6H9F2/c1-2-3-4-5-6(7)8/h2H,1,3-5H2. The molecule has 0 aromatic heterocycles. The minimum Gasteiger partial charge on any atom is -0.200 e. The summed E-state index contributed by atoms with van der Waals surface area (Å²) in [6, 6.07) is 0. The van der Waals surface area contributed by atoms with Crippen LogP contribution in [0.15, 0.2) is 12.7 Å². The van der Waals surface area contributed by atoms with Crippen LogP contribution < -0.4 is 0 Å². The molecule has 0 saturated heterocycles. The normalized spacial score (nSPS) is 9.88. The van der Waals surface area contributed by atoms with E-state index in [-0.39, 0.29) is 6.42 Å². The van der Waals surface area contributed by atoms with E-state index in [1.165, 1.54) is 0 Å². The molecule has 0 aromatic rings. The van der Waals surface area contributed by atoms with Gasteiger partial charge in [0.2, 0.25) is 0 Å². The SMILES string of the molecule is C=CCCC[C](F)F. The highest BCUT2D eigenvalue weighted by molar-refractivity contribution is 4.68. The Morgan fingerprint density at radius 3 is 2.50 bits per heavy atom. The van der Waals surface area contributed by atoms with Crippen LogP contribution in [0.5, 0.6) is 0 Å². The maximum absolute atomic E-state index is 11.2. The van der Waals surface area contributed by atoms with E-state index >= 15 is 0 Å². The van der Waals surface area contributed by atoms with E-state index in [2.05, 4.69) is 6.58 Å². The molecule has 0 nitrogen and oxygen atoms in total. The zero-order valence-corrected chi connectivity index (χ0v) is 4.66. The molecule has 1 radical (unpaired) electrons. The van der Waals surface area contributed by atoms with Crippen molar-refractivity contribution in [3.8, 4) is 0 Å². The van der Waals surface area contributed by atoms with Crippen LogP contribution in [0, 0.1) is 6.43 Å². The summed E-state index contributed by atoms with van der Waals surface area (Å²) < 4.78 is 22.5. The molecular formula is C6H9F2. The van der Waals surface area contributed by atoms with E-state index < -0.39 is 6.43 Å². The third kappa shape index (κ3) is 5.60. The van der Waals surface area contributed by atoms with E-state index in [0.29, 0.717) is 12.8 Å². The summed E-state index contributed by atoms with van der Waals surface area (Å²) in [4.78, 5) is 0. The lowest BCUT2D eigenvalue weighted by Crippen LogP contribution is -1.77. The van der Waals surface area contributed by atoms with Crippen LogP contribution in [0.1, 0.15) is 19.3 Å². The van der Waals surface area contributed by atoms with Crippen molar-refractivity contribution in [2.24, 2.45) is 0 Å². The smallest absolute Gasteiger partial charge is 0.200 e. The molecule has 8 heavy (non-hydrogen) atoms. The highest BCUT2D eigenvalue weighted by Gasteiger charge is 2.01. The molecule has 0 amide bonds. The Morgan fingerprint density at radius 1 is 1.50 bits per heavy atom. The van der Waals surface area contributed by atoms with E-state index in [4.69, 9.17) is 0 Å². The molecule has 0 saturated carbocycles. The predicted octanol–water partition coefficient (Wildman–Crippen LogP) is 2.77. The zero-order valence-electron chi connectivity index (χ0n) is 4.66. The summed E-state index contributed by atoms with van der Waals surface area (Å²) in [5, 5.41) is 0. The Kier molecular flexibility index (Phi) is 4.51. The lowest BCUT2D eigenvalue weighted by molar-refractivity contribution is 0.267. The Balaban J connectivity index is 2.81. The highest BCUT2D eigenvalue weighted by Crippen LogP contribution is 2.12.